The quantitative estimate of drug-likeness (QED) is 0.235. The smallest absolute Gasteiger partial charge is 0.255 e. The normalized spacial score (nSPS) is 10.8. The molecular formula is C22H29N3O6. The molecule has 0 aliphatic carbocycles. The molecule has 31 heavy (non-hydrogen) atoms. The molecule has 0 radical (unpaired) electrons. The van der Waals surface area contributed by atoms with Crippen molar-refractivity contribution in [1.29, 1.82) is 0 Å². The molecule has 2 rings (SSSR count). The summed E-state index contributed by atoms with van der Waals surface area (Å²) in [7, 11) is 1.96. The van der Waals surface area contributed by atoms with Crippen LogP contribution in [0, 0.1) is 0 Å². The molecule has 168 valence electrons. The lowest BCUT2D eigenvalue weighted by atomic mass is 10.1. The molecule has 0 bridgehead atoms. The number of unbranched alkanes of at least 4 members (excludes halogenated alkanes) is 1. The Hall–Kier alpha value is -3.46. The highest BCUT2D eigenvalue weighted by Crippen LogP contribution is 2.28. The van der Waals surface area contributed by atoms with Crippen molar-refractivity contribution in [3.05, 3.63) is 47.5 Å². The number of hydrogen-bond acceptors (Lipinski definition) is 7. The average Bonchev–Trinajstić information content (AvgIpc) is 2.74. The number of phenols is 4. The van der Waals surface area contributed by atoms with Crippen LogP contribution in [0.5, 0.6) is 23.0 Å². The fraction of sp³-hybridized carbons (Fsp3) is 0.364. The van der Waals surface area contributed by atoms with Crippen molar-refractivity contribution in [2.45, 2.75) is 19.3 Å². The van der Waals surface area contributed by atoms with E-state index in [2.05, 4.69) is 15.5 Å². The van der Waals surface area contributed by atoms with Crippen LogP contribution in [0.2, 0.25) is 0 Å². The Morgan fingerprint density at radius 1 is 0.742 bits per heavy atom. The molecule has 9 nitrogen and oxygen atoms in total. The number of aromatic hydroxyl groups is 4. The van der Waals surface area contributed by atoms with Gasteiger partial charge in [-0.2, -0.15) is 0 Å². The lowest BCUT2D eigenvalue weighted by Crippen LogP contribution is -2.29. The Labute approximate surface area is 180 Å². The molecule has 0 saturated heterocycles. The van der Waals surface area contributed by atoms with Gasteiger partial charge in [0.2, 0.25) is 0 Å². The van der Waals surface area contributed by atoms with E-state index in [1.165, 1.54) is 36.4 Å². The molecular weight excluding hydrogens is 402 g/mol. The maximum atomic E-state index is 12.0. The van der Waals surface area contributed by atoms with E-state index >= 15 is 0 Å². The SMILES string of the molecule is CN(CCCCNC(=O)c1cccc(O)c1O)CCCNC(=O)c1cccc(O)c1O. The second-order valence-electron chi connectivity index (χ2n) is 7.22. The van der Waals surface area contributed by atoms with Crippen molar-refractivity contribution in [3.8, 4) is 23.0 Å². The predicted octanol–water partition coefficient (Wildman–Crippen LogP) is 1.77. The van der Waals surface area contributed by atoms with Crippen molar-refractivity contribution in [2.75, 3.05) is 33.2 Å². The van der Waals surface area contributed by atoms with Crippen LogP contribution in [0.4, 0.5) is 0 Å². The van der Waals surface area contributed by atoms with Crippen LogP contribution in [0.3, 0.4) is 0 Å². The summed E-state index contributed by atoms with van der Waals surface area (Å²) >= 11 is 0. The van der Waals surface area contributed by atoms with E-state index in [1.54, 1.807) is 0 Å². The number of carbonyl (C=O) groups is 2. The molecule has 0 heterocycles. The molecule has 0 aliphatic heterocycles. The maximum Gasteiger partial charge on any atom is 0.255 e. The molecule has 0 saturated carbocycles. The number of para-hydroxylation sites is 2. The van der Waals surface area contributed by atoms with Gasteiger partial charge in [0.05, 0.1) is 11.1 Å². The van der Waals surface area contributed by atoms with Gasteiger partial charge in [0.1, 0.15) is 0 Å². The Morgan fingerprint density at radius 2 is 1.19 bits per heavy atom. The fourth-order valence-electron chi connectivity index (χ4n) is 2.99. The molecule has 2 aromatic carbocycles. The fourth-order valence-corrected chi connectivity index (χ4v) is 2.99. The molecule has 0 atom stereocenters. The van der Waals surface area contributed by atoms with Gasteiger partial charge in [-0.3, -0.25) is 9.59 Å². The number of nitrogens with zero attached hydrogens (tertiary/aromatic N) is 1. The highest BCUT2D eigenvalue weighted by atomic mass is 16.3. The van der Waals surface area contributed by atoms with Gasteiger partial charge in [0, 0.05) is 13.1 Å². The topological polar surface area (TPSA) is 142 Å². The van der Waals surface area contributed by atoms with Crippen molar-refractivity contribution in [1.82, 2.24) is 15.5 Å². The van der Waals surface area contributed by atoms with Gasteiger partial charge in [0.15, 0.2) is 23.0 Å². The molecule has 9 heteroatoms. The highest BCUT2D eigenvalue weighted by Gasteiger charge is 2.14. The van der Waals surface area contributed by atoms with E-state index in [4.69, 9.17) is 0 Å². The first kappa shape index (κ1) is 23.8. The van der Waals surface area contributed by atoms with E-state index in [1.807, 2.05) is 7.05 Å². The van der Waals surface area contributed by atoms with Crippen LogP contribution in [-0.4, -0.2) is 70.4 Å². The van der Waals surface area contributed by atoms with Gasteiger partial charge in [-0.05, 0) is 63.7 Å². The number of carbonyl (C=O) groups excluding carboxylic acids is 2. The average molecular weight is 431 g/mol. The number of benzene rings is 2. The number of nitrogens with one attached hydrogen (secondary N) is 2. The van der Waals surface area contributed by atoms with Crippen LogP contribution in [0.15, 0.2) is 36.4 Å². The van der Waals surface area contributed by atoms with Crippen molar-refractivity contribution in [2.24, 2.45) is 0 Å². The first-order chi connectivity index (χ1) is 14.8. The van der Waals surface area contributed by atoms with E-state index in [-0.39, 0.29) is 22.6 Å². The molecule has 0 aliphatic rings. The zero-order valence-electron chi connectivity index (χ0n) is 17.5. The minimum absolute atomic E-state index is 0.0365. The maximum absolute atomic E-state index is 12.0. The standard InChI is InChI=1S/C22H29N3O6/c1-25(14-6-12-24-22(31)16-8-5-10-18(27)20(16)29)13-3-2-11-23-21(30)15-7-4-9-17(26)19(15)28/h4-5,7-10,26-29H,2-3,6,11-14H2,1H3,(H,23,30)(H,24,31). The summed E-state index contributed by atoms with van der Waals surface area (Å²) in [6, 6.07) is 8.49. The summed E-state index contributed by atoms with van der Waals surface area (Å²) in [5, 5.41) is 43.7. The van der Waals surface area contributed by atoms with E-state index in [9.17, 15) is 30.0 Å². The lowest BCUT2D eigenvalue weighted by Gasteiger charge is -2.17. The second-order valence-corrected chi connectivity index (χ2v) is 7.22. The van der Waals surface area contributed by atoms with Crippen LogP contribution in [-0.2, 0) is 0 Å². The summed E-state index contributed by atoms with van der Waals surface area (Å²) in [5.41, 5.74) is 0.0765. The molecule has 2 aromatic rings. The van der Waals surface area contributed by atoms with Gasteiger partial charge in [-0.25, -0.2) is 0 Å². The first-order valence-corrected chi connectivity index (χ1v) is 10.1. The van der Waals surface area contributed by atoms with Crippen LogP contribution in [0.25, 0.3) is 0 Å². The Morgan fingerprint density at radius 3 is 1.71 bits per heavy atom. The summed E-state index contributed by atoms with van der Waals surface area (Å²) in [6.07, 6.45) is 2.32. The molecule has 0 fully saturated rings. The van der Waals surface area contributed by atoms with Gasteiger partial charge >= 0.3 is 0 Å². The van der Waals surface area contributed by atoms with E-state index in [0.717, 1.165) is 32.4 Å². The summed E-state index contributed by atoms with van der Waals surface area (Å²) in [6.45, 7) is 2.46. The zero-order valence-corrected chi connectivity index (χ0v) is 17.5. The number of rotatable bonds is 11. The Bertz CT molecular complexity index is 903. The molecule has 6 N–H and O–H groups in total. The zero-order chi connectivity index (χ0) is 22.8. The van der Waals surface area contributed by atoms with E-state index in [0.29, 0.717) is 13.1 Å². The van der Waals surface area contributed by atoms with Crippen LogP contribution < -0.4 is 10.6 Å². The van der Waals surface area contributed by atoms with Gasteiger partial charge in [-0.15, -0.1) is 0 Å². The monoisotopic (exact) mass is 431 g/mol. The van der Waals surface area contributed by atoms with Gasteiger partial charge in [-0.1, -0.05) is 12.1 Å². The number of amides is 2. The predicted molar refractivity (Wildman–Crippen MR) is 116 cm³/mol. The second kappa shape index (κ2) is 11.7. The largest absolute Gasteiger partial charge is 0.504 e. The minimum atomic E-state index is -0.440. The number of hydrogen-bond donors (Lipinski definition) is 6. The summed E-state index contributed by atoms with van der Waals surface area (Å²) in [4.78, 5) is 26.2. The molecule has 0 aromatic heterocycles. The van der Waals surface area contributed by atoms with Gasteiger partial charge < -0.3 is 36.0 Å². The van der Waals surface area contributed by atoms with Crippen LogP contribution in [0.1, 0.15) is 40.0 Å². The summed E-state index contributed by atoms with van der Waals surface area (Å²) in [5.74, 6) is -2.39. The molecule has 0 unspecified atom stereocenters. The summed E-state index contributed by atoms with van der Waals surface area (Å²) < 4.78 is 0. The van der Waals surface area contributed by atoms with E-state index < -0.39 is 23.3 Å². The lowest BCUT2D eigenvalue weighted by molar-refractivity contribution is 0.0939. The third-order valence-corrected chi connectivity index (χ3v) is 4.77. The van der Waals surface area contributed by atoms with Crippen LogP contribution >= 0.6 is 0 Å². The Kier molecular flexibility index (Phi) is 8.95. The Balaban J connectivity index is 1.57. The minimum Gasteiger partial charge on any atom is -0.504 e. The highest BCUT2D eigenvalue weighted by molar-refractivity contribution is 5.98. The molecule has 0 spiro atoms. The third-order valence-electron chi connectivity index (χ3n) is 4.77. The van der Waals surface area contributed by atoms with Crippen molar-refractivity contribution in [3.63, 3.8) is 0 Å². The number of phenolic OH excluding ortho intramolecular Hbond substituents is 4. The third kappa shape index (κ3) is 7.07. The van der Waals surface area contributed by atoms with Crippen molar-refractivity contribution >= 4 is 11.8 Å². The van der Waals surface area contributed by atoms with Gasteiger partial charge in [0.25, 0.3) is 11.8 Å². The molecule has 2 amide bonds. The first-order valence-electron chi connectivity index (χ1n) is 10.1. The van der Waals surface area contributed by atoms with Crippen molar-refractivity contribution < 1.29 is 30.0 Å².